The van der Waals surface area contributed by atoms with E-state index in [-0.39, 0.29) is 24.7 Å². The van der Waals surface area contributed by atoms with E-state index in [4.69, 9.17) is 30.8 Å². The van der Waals surface area contributed by atoms with E-state index in [1.54, 1.807) is 12.3 Å². The first kappa shape index (κ1) is 23.9. The first-order valence-electron chi connectivity index (χ1n) is 12.5. The predicted molar refractivity (Wildman–Crippen MR) is 144 cm³/mol. The fourth-order valence-corrected chi connectivity index (χ4v) is 5.47. The lowest BCUT2D eigenvalue weighted by Gasteiger charge is -2.16. The largest absolute Gasteiger partial charge is 0.469 e. The molecular formula is C29H22ClN5O4. The second-order valence-corrected chi connectivity index (χ2v) is 9.96. The SMILES string of the molecule is N#Cc1c(OC2CO[C@@H]3C(O)CO[C@H]23)[nH]c2cc(Cl)c(-c3ccc(-c4ccc(-n5cccn5)cc4)cc3)nc12. The van der Waals surface area contributed by atoms with E-state index in [0.29, 0.717) is 21.7 Å². The molecule has 2 fully saturated rings. The highest BCUT2D eigenvalue weighted by atomic mass is 35.5. The molecule has 0 radical (unpaired) electrons. The van der Waals surface area contributed by atoms with Crippen molar-refractivity contribution in [1.82, 2.24) is 19.7 Å². The maximum atomic E-state index is 10.0. The number of hydrogen-bond acceptors (Lipinski definition) is 7. The van der Waals surface area contributed by atoms with Crippen molar-refractivity contribution < 1.29 is 19.3 Å². The molecule has 2 aromatic carbocycles. The van der Waals surface area contributed by atoms with E-state index < -0.39 is 24.4 Å². The molecule has 2 N–H and O–H groups in total. The number of aromatic nitrogens is 4. The molecule has 2 saturated heterocycles. The summed E-state index contributed by atoms with van der Waals surface area (Å²) >= 11 is 6.64. The predicted octanol–water partition coefficient (Wildman–Crippen LogP) is 4.51. The Morgan fingerprint density at radius 1 is 1.03 bits per heavy atom. The molecule has 5 aromatic rings. The Hall–Kier alpha value is -4.20. The van der Waals surface area contributed by atoms with Crippen LogP contribution in [0.25, 0.3) is 39.1 Å². The zero-order valence-corrected chi connectivity index (χ0v) is 21.2. The number of nitriles is 1. The maximum absolute atomic E-state index is 10.0. The van der Waals surface area contributed by atoms with Crippen LogP contribution in [0.15, 0.2) is 73.1 Å². The fraction of sp³-hybridized carbons (Fsp3) is 0.207. The van der Waals surface area contributed by atoms with Crippen molar-refractivity contribution in [2.75, 3.05) is 13.2 Å². The highest BCUT2D eigenvalue weighted by molar-refractivity contribution is 6.33. The molecule has 0 spiro atoms. The zero-order chi connectivity index (χ0) is 26.5. The summed E-state index contributed by atoms with van der Waals surface area (Å²) in [6.45, 7) is 0.452. The van der Waals surface area contributed by atoms with Gasteiger partial charge >= 0.3 is 0 Å². The minimum atomic E-state index is -0.683. The van der Waals surface area contributed by atoms with Crippen LogP contribution < -0.4 is 4.74 Å². The van der Waals surface area contributed by atoms with E-state index in [9.17, 15) is 10.4 Å². The standard InChI is InChI=1S/C29H22ClN5O4/c30-21-12-22-26(20(13-31)29(33-22)39-24-15-38-27-23(36)14-37-28(24)27)34-25(21)18-4-2-16(3-5-18)17-6-8-19(9-7-17)35-11-1-10-32-35/h1-12,23-24,27-28,33,36H,14-15H2/t23?,24?,27-,28-/m1/s1. The highest BCUT2D eigenvalue weighted by Crippen LogP contribution is 2.36. The molecule has 7 rings (SSSR count). The summed E-state index contributed by atoms with van der Waals surface area (Å²) in [5, 5.41) is 24.7. The van der Waals surface area contributed by atoms with Crippen LogP contribution in [0.4, 0.5) is 0 Å². The van der Waals surface area contributed by atoms with Crippen LogP contribution in [0.1, 0.15) is 5.56 Å². The topological polar surface area (TPSA) is 118 Å². The second-order valence-electron chi connectivity index (χ2n) is 9.55. The van der Waals surface area contributed by atoms with E-state index >= 15 is 0 Å². The number of hydrogen-bond donors (Lipinski definition) is 2. The molecule has 0 bridgehead atoms. The van der Waals surface area contributed by atoms with Crippen molar-refractivity contribution in [3.05, 3.63) is 83.6 Å². The summed E-state index contributed by atoms with van der Waals surface area (Å²) in [5.41, 5.74) is 5.84. The van der Waals surface area contributed by atoms with Crippen molar-refractivity contribution in [3.63, 3.8) is 0 Å². The molecule has 0 aliphatic carbocycles. The molecule has 39 heavy (non-hydrogen) atoms. The third-order valence-corrected chi connectivity index (χ3v) is 7.47. The number of benzene rings is 2. The lowest BCUT2D eigenvalue weighted by Crippen LogP contribution is -2.34. The van der Waals surface area contributed by atoms with Gasteiger partial charge in [0.15, 0.2) is 6.10 Å². The first-order valence-corrected chi connectivity index (χ1v) is 12.9. The summed E-state index contributed by atoms with van der Waals surface area (Å²) in [6.07, 6.45) is 1.69. The van der Waals surface area contributed by atoms with Gasteiger partial charge in [-0.1, -0.05) is 48.0 Å². The number of pyridine rings is 1. The lowest BCUT2D eigenvalue weighted by molar-refractivity contribution is 0.00789. The van der Waals surface area contributed by atoms with Crippen molar-refractivity contribution in [2.45, 2.75) is 24.4 Å². The van der Waals surface area contributed by atoms with Crippen LogP contribution in [0.5, 0.6) is 5.88 Å². The van der Waals surface area contributed by atoms with Gasteiger partial charge in [-0.2, -0.15) is 10.4 Å². The molecule has 0 saturated carbocycles. The number of ether oxygens (including phenoxy) is 3. The van der Waals surface area contributed by atoms with Gasteiger partial charge in [-0.3, -0.25) is 0 Å². The van der Waals surface area contributed by atoms with Gasteiger partial charge in [0.05, 0.1) is 35.1 Å². The zero-order valence-electron chi connectivity index (χ0n) is 20.5. The fourth-order valence-electron chi connectivity index (χ4n) is 5.21. The van der Waals surface area contributed by atoms with Crippen LogP contribution >= 0.6 is 11.6 Å². The number of nitrogens with one attached hydrogen (secondary N) is 1. The summed E-state index contributed by atoms with van der Waals surface area (Å²) in [7, 11) is 0. The second kappa shape index (κ2) is 9.52. The third kappa shape index (κ3) is 4.15. The van der Waals surface area contributed by atoms with Crippen molar-refractivity contribution in [2.24, 2.45) is 0 Å². The molecule has 2 unspecified atom stereocenters. The number of rotatable bonds is 5. The number of aliphatic hydroxyl groups excluding tert-OH is 1. The van der Waals surface area contributed by atoms with Crippen molar-refractivity contribution in [1.29, 1.82) is 5.26 Å². The van der Waals surface area contributed by atoms with Crippen LogP contribution in [-0.2, 0) is 9.47 Å². The highest BCUT2D eigenvalue weighted by Gasteiger charge is 2.48. The Morgan fingerprint density at radius 3 is 2.46 bits per heavy atom. The molecule has 2 aliphatic rings. The van der Waals surface area contributed by atoms with E-state index in [2.05, 4.69) is 28.3 Å². The maximum Gasteiger partial charge on any atom is 0.212 e. The average molecular weight is 540 g/mol. The molecule has 2 aliphatic heterocycles. The molecular weight excluding hydrogens is 518 g/mol. The summed E-state index contributed by atoms with van der Waals surface area (Å²) in [4.78, 5) is 7.88. The van der Waals surface area contributed by atoms with Gasteiger partial charge in [0, 0.05) is 18.0 Å². The van der Waals surface area contributed by atoms with Gasteiger partial charge in [-0.15, -0.1) is 0 Å². The van der Waals surface area contributed by atoms with Crippen molar-refractivity contribution in [3.8, 4) is 40.0 Å². The van der Waals surface area contributed by atoms with Gasteiger partial charge in [-0.25, -0.2) is 9.67 Å². The Kier molecular flexibility index (Phi) is 5.83. The molecule has 10 heteroatoms. The Bertz CT molecular complexity index is 1690. The molecule has 4 atom stereocenters. The number of nitrogens with zero attached hydrogens (tertiary/aromatic N) is 4. The number of H-pyrrole nitrogens is 1. The Balaban J connectivity index is 1.16. The van der Waals surface area contributed by atoms with Crippen molar-refractivity contribution >= 4 is 22.6 Å². The van der Waals surface area contributed by atoms with E-state index in [1.807, 2.05) is 53.3 Å². The average Bonchev–Trinajstić information content (AvgIpc) is 3.75. The van der Waals surface area contributed by atoms with Gasteiger partial charge in [0.1, 0.15) is 35.5 Å². The van der Waals surface area contributed by atoms with E-state index in [1.165, 1.54) is 0 Å². The first-order chi connectivity index (χ1) is 19.1. The molecule has 0 amide bonds. The van der Waals surface area contributed by atoms with Crippen LogP contribution in [0.3, 0.4) is 0 Å². The number of fused-ring (bicyclic) bond motifs is 2. The van der Waals surface area contributed by atoms with Crippen LogP contribution in [-0.4, -0.2) is 62.5 Å². The monoisotopic (exact) mass is 539 g/mol. The minimum absolute atomic E-state index is 0.197. The normalized spacial score (nSPS) is 22.2. The molecule has 3 aromatic heterocycles. The number of aromatic amines is 1. The van der Waals surface area contributed by atoms with Crippen LogP contribution in [0.2, 0.25) is 5.02 Å². The van der Waals surface area contributed by atoms with E-state index in [0.717, 1.165) is 22.4 Å². The van der Waals surface area contributed by atoms with Gasteiger partial charge in [-0.05, 0) is 35.4 Å². The lowest BCUT2D eigenvalue weighted by atomic mass is 10.0. The molecule has 5 heterocycles. The summed E-state index contributed by atoms with van der Waals surface area (Å²) < 4.78 is 19.2. The smallest absolute Gasteiger partial charge is 0.212 e. The Labute approximate surface area is 228 Å². The van der Waals surface area contributed by atoms with Crippen LogP contribution in [0, 0.1) is 11.3 Å². The van der Waals surface area contributed by atoms with Gasteiger partial charge in [0.25, 0.3) is 0 Å². The minimum Gasteiger partial charge on any atom is -0.469 e. The number of halogens is 1. The summed E-state index contributed by atoms with van der Waals surface area (Å²) in [6, 6.07) is 22.0. The quantitative estimate of drug-likeness (QED) is 0.337. The summed E-state index contributed by atoms with van der Waals surface area (Å²) in [5.74, 6) is 0.279. The number of aliphatic hydroxyl groups is 1. The third-order valence-electron chi connectivity index (χ3n) is 7.18. The Morgan fingerprint density at radius 2 is 1.74 bits per heavy atom. The molecule has 194 valence electrons. The van der Waals surface area contributed by atoms with Gasteiger partial charge in [0.2, 0.25) is 5.88 Å². The van der Waals surface area contributed by atoms with Gasteiger partial charge < -0.3 is 24.3 Å². The molecule has 9 nitrogen and oxygen atoms in total.